The molecule has 11 rings (SSSR count). The molecule has 11 aromatic rings. The minimum atomic E-state index is 0.691. The topological polar surface area (TPSA) is 25.8 Å². The molecule has 2 nitrogen and oxygen atoms in total. The molecule has 2 heteroatoms. The second-order valence-corrected chi connectivity index (χ2v) is 15.0. The van der Waals surface area contributed by atoms with Gasteiger partial charge in [0.15, 0.2) is 5.82 Å². The smallest absolute Gasteiger partial charge is 0.160 e. The van der Waals surface area contributed by atoms with Crippen LogP contribution in [-0.4, -0.2) is 9.97 Å². The highest BCUT2D eigenvalue weighted by Crippen LogP contribution is 2.40. The lowest BCUT2D eigenvalue weighted by Gasteiger charge is -2.15. The third-order valence-electron chi connectivity index (χ3n) is 11.5. The van der Waals surface area contributed by atoms with E-state index in [9.17, 15) is 0 Å². The molecular formula is C56H36N2. The largest absolute Gasteiger partial charge is 0.228 e. The van der Waals surface area contributed by atoms with Crippen LogP contribution in [0, 0.1) is 0 Å². The van der Waals surface area contributed by atoms with E-state index in [1.807, 2.05) is 0 Å². The molecule has 0 saturated carbocycles. The first-order chi connectivity index (χ1) is 28.7. The molecule has 0 aliphatic carbocycles. The van der Waals surface area contributed by atoms with Crippen LogP contribution >= 0.6 is 0 Å². The zero-order chi connectivity index (χ0) is 38.4. The van der Waals surface area contributed by atoms with Crippen molar-refractivity contribution < 1.29 is 0 Å². The Morgan fingerprint density at radius 2 is 0.759 bits per heavy atom. The summed E-state index contributed by atoms with van der Waals surface area (Å²) in [5.41, 5.74) is 11.9. The van der Waals surface area contributed by atoms with Gasteiger partial charge in [0.1, 0.15) is 0 Å². The van der Waals surface area contributed by atoms with Crippen molar-refractivity contribution in [2.45, 2.75) is 0 Å². The molecule has 10 aromatic carbocycles. The van der Waals surface area contributed by atoms with Crippen molar-refractivity contribution in [2.75, 3.05) is 0 Å². The fourth-order valence-electron chi connectivity index (χ4n) is 8.48. The minimum Gasteiger partial charge on any atom is -0.228 e. The third kappa shape index (κ3) is 6.09. The zero-order valence-corrected chi connectivity index (χ0v) is 31.7. The monoisotopic (exact) mass is 736 g/mol. The molecule has 0 atom stereocenters. The van der Waals surface area contributed by atoms with Crippen molar-refractivity contribution in [3.05, 3.63) is 218 Å². The van der Waals surface area contributed by atoms with Crippen LogP contribution in [0.5, 0.6) is 0 Å². The molecule has 0 aliphatic heterocycles. The van der Waals surface area contributed by atoms with Gasteiger partial charge in [0.2, 0.25) is 0 Å². The summed E-state index contributed by atoms with van der Waals surface area (Å²) in [5, 5.41) is 9.96. The van der Waals surface area contributed by atoms with Crippen molar-refractivity contribution in [1.82, 2.24) is 9.97 Å². The van der Waals surface area contributed by atoms with Crippen LogP contribution in [0.25, 0.3) is 110 Å². The van der Waals surface area contributed by atoms with Crippen LogP contribution in [-0.2, 0) is 0 Å². The number of aromatic nitrogens is 2. The fourth-order valence-corrected chi connectivity index (χ4v) is 8.48. The van der Waals surface area contributed by atoms with Gasteiger partial charge in [0.05, 0.1) is 11.4 Å². The first-order valence-corrected chi connectivity index (χ1v) is 19.8. The summed E-state index contributed by atoms with van der Waals surface area (Å²) in [6.07, 6.45) is 0. The van der Waals surface area contributed by atoms with Gasteiger partial charge >= 0.3 is 0 Å². The lowest BCUT2D eigenvalue weighted by Crippen LogP contribution is -1.96. The first-order valence-electron chi connectivity index (χ1n) is 19.8. The Morgan fingerprint density at radius 3 is 1.57 bits per heavy atom. The van der Waals surface area contributed by atoms with Crippen molar-refractivity contribution in [2.24, 2.45) is 0 Å². The number of nitrogens with zero attached hydrogens (tertiary/aromatic N) is 2. The molecule has 1 aromatic heterocycles. The maximum Gasteiger partial charge on any atom is 0.160 e. The molecule has 0 radical (unpaired) electrons. The molecule has 0 aliphatic rings. The van der Waals surface area contributed by atoms with E-state index in [1.165, 1.54) is 65.3 Å². The summed E-state index contributed by atoms with van der Waals surface area (Å²) in [4.78, 5) is 10.5. The average molecular weight is 737 g/mol. The first kappa shape index (κ1) is 33.6. The molecule has 0 amide bonds. The summed E-state index contributed by atoms with van der Waals surface area (Å²) >= 11 is 0. The summed E-state index contributed by atoms with van der Waals surface area (Å²) in [6, 6.07) is 78.3. The maximum absolute atomic E-state index is 5.27. The van der Waals surface area contributed by atoms with Crippen molar-refractivity contribution in [3.63, 3.8) is 0 Å². The Morgan fingerprint density at radius 1 is 0.224 bits per heavy atom. The van der Waals surface area contributed by atoms with E-state index in [0.29, 0.717) is 5.82 Å². The van der Waals surface area contributed by atoms with Gasteiger partial charge < -0.3 is 0 Å². The Balaban J connectivity index is 1.04. The van der Waals surface area contributed by atoms with E-state index < -0.39 is 0 Å². The lowest BCUT2D eigenvalue weighted by molar-refractivity contribution is 1.18. The van der Waals surface area contributed by atoms with Crippen LogP contribution in [0.1, 0.15) is 0 Å². The van der Waals surface area contributed by atoms with E-state index in [2.05, 4.69) is 218 Å². The highest BCUT2D eigenvalue weighted by atomic mass is 14.9. The Hall–Kier alpha value is -7.68. The third-order valence-corrected chi connectivity index (χ3v) is 11.5. The zero-order valence-electron chi connectivity index (χ0n) is 31.7. The molecule has 0 spiro atoms. The number of fused-ring (bicyclic) bond motifs is 5. The summed E-state index contributed by atoms with van der Waals surface area (Å²) in [6.45, 7) is 0. The van der Waals surface area contributed by atoms with E-state index in [0.717, 1.165) is 39.2 Å². The fraction of sp³-hybridized carbons (Fsp3) is 0. The van der Waals surface area contributed by atoms with E-state index in [-0.39, 0.29) is 0 Å². The van der Waals surface area contributed by atoms with Crippen LogP contribution in [0.15, 0.2) is 218 Å². The highest BCUT2D eigenvalue weighted by Gasteiger charge is 2.15. The van der Waals surface area contributed by atoms with Gasteiger partial charge in [0.25, 0.3) is 0 Å². The standard InChI is InChI=1S/C56H36N2/c1-2-11-37(12-3-1)39-21-24-41(25-22-39)53-36-54(48-18-10-17-45(34-48)46-30-23-38-13-4-5-15-44(38)33-46)58-56(57-53)43-28-26-42(27-29-43)55-50-20-9-7-16-47(50)35-52-49-19-8-6-14-40(49)31-32-51(52)55/h1-36H. The van der Waals surface area contributed by atoms with Crippen LogP contribution in [0.3, 0.4) is 0 Å². The van der Waals surface area contributed by atoms with E-state index in [4.69, 9.17) is 9.97 Å². The Kier molecular flexibility index (Phi) is 8.19. The minimum absolute atomic E-state index is 0.691. The summed E-state index contributed by atoms with van der Waals surface area (Å²) in [7, 11) is 0. The van der Waals surface area contributed by atoms with E-state index in [1.54, 1.807) is 0 Å². The number of benzene rings is 10. The van der Waals surface area contributed by atoms with Crippen molar-refractivity contribution >= 4 is 43.1 Å². The van der Waals surface area contributed by atoms with Crippen molar-refractivity contribution in [3.8, 4) is 67.3 Å². The van der Waals surface area contributed by atoms with Gasteiger partial charge in [-0.3, -0.25) is 0 Å². The van der Waals surface area contributed by atoms with Gasteiger partial charge in [-0.05, 0) is 101 Å². The molecule has 0 unspecified atom stereocenters. The van der Waals surface area contributed by atoms with Crippen LogP contribution in [0.2, 0.25) is 0 Å². The van der Waals surface area contributed by atoms with Crippen LogP contribution in [0.4, 0.5) is 0 Å². The van der Waals surface area contributed by atoms with Gasteiger partial charge in [0, 0.05) is 16.7 Å². The number of hydrogen-bond acceptors (Lipinski definition) is 2. The molecule has 0 fully saturated rings. The summed E-state index contributed by atoms with van der Waals surface area (Å²) in [5.74, 6) is 0.691. The van der Waals surface area contributed by atoms with Gasteiger partial charge in [-0.1, -0.05) is 194 Å². The molecule has 0 N–H and O–H groups in total. The maximum atomic E-state index is 5.27. The molecule has 58 heavy (non-hydrogen) atoms. The summed E-state index contributed by atoms with van der Waals surface area (Å²) < 4.78 is 0. The molecule has 0 saturated heterocycles. The van der Waals surface area contributed by atoms with E-state index >= 15 is 0 Å². The predicted molar refractivity (Wildman–Crippen MR) is 245 cm³/mol. The Labute approximate surface area is 337 Å². The second kappa shape index (κ2) is 14.1. The lowest BCUT2D eigenvalue weighted by atomic mass is 9.89. The predicted octanol–water partition coefficient (Wildman–Crippen LogP) is 15.1. The highest BCUT2D eigenvalue weighted by molar-refractivity contribution is 6.20. The second-order valence-electron chi connectivity index (χ2n) is 15.0. The van der Waals surface area contributed by atoms with Crippen molar-refractivity contribution in [1.29, 1.82) is 0 Å². The van der Waals surface area contributed by atoms with Gasteiger partial charge in [-0.25, -0.2) is 9.97 Å². The van der Waals surface area contributed by atoms with Crippen LogP contribution < -0.4 is 0 Å². The normalized spacial score (nSPS) is 11.4. The van der Waals surface area contributed by atoms with Gasteiger partial charge in [-0.2, -0.15) is 0 Å². The molecule has 0 bridgehead atoms. The van der Waals surface area contributed by atoms with Gasteiger partial charge in [-0.15, -0.1) is 0 Å². The Bertz CT molecular complexity index is 3310. The number of hydrogen-bond donors (Lipinski definition) is 0. The SMILES string of the molecule is c1ccc(-c2ccc(-c3cc(-c4cccc(-c5ccc6ccccc6c5)c4)nc(-c4ccc(-c5c6ccccc6cc6c5ccc5ccccc56)cc4)n3)cc2)cc1. The quantitative estimate of drug-likeness (QED) is 0.125. The molecular weight excluding hydrogens is 701 g/mol. The number of rotatable bonds is 6. The molecule has 1 heterocycles. The average Bonchev–Trinajstić information content (AvgIpc) is 3.31. The molecule has 270 valence electrons.